The van der Waals surface area contributed by atoms with Crippen molar-refractivity contribution in [2.45, 2.75) is 32.7 Å². The molecule has 2 aromatic rings. The Labute approximate surface area is 164 Å². The molecule has 1 amide bonds. The number of ketones is 1. The number of nitrogens with zero attached hydrogens (tertiary/aromatic N) is 1. The summed E-state index contributed by atoms with van der Waals surface area (Å²) in [7, 11) is 0. The third-order valence-electron chi connectivity index (χ3n) is 4.19. The van der Waals surface area contributed by atoms with Crippen molar-refractivity contribution in [3.63, 3.8) is 0 Å². The summed E-state index contributed by atoms with van der Waals surface area (Å²) < 4.78 is 18.0. The van der Waals surface area contributed by atoms with Crippen molar-refractivity contribution >= 4 is 17.7 Å². The van der Waals surface area contributed by atoms with Gasteiger partial charge < -0.3 is 9.64 Å². The van der Waals surface area contributed by atoms with Crippen LogP contribution in [0.1, 0.15) is 42.1 Å². The van der Waals surface area contributed by atoms with Gasteiger partial charge in [-0.1, -0.05) is 42.5 Å². The van der Waals surface area contributed by atoms with E-state index in [-0.39, 0.29) is 62.4 Å². The lowest BCUT2D eigenvalue weighted by Gasteiger charge is -2.22. The fourth-order valence-electron chi connectivity index (χ4n) is 2.71. The Morgan fingerprint density at radius 2 is 1.61 bits per heavy atom. The van der Waals surface area contributed by atoms with Crippen LogP contribution in [0.5, 0.6) is 0 Å². The first-order valence-corrected chi connectivity index (χ1v) is 9.25. The number of carbonyl (C=O) groups excluding carboxylic acids is 3. The molecule has 0 fully saturated rings. The lowest BCUT2D eigenvalue weighted by atomic mass is 10.1. The first kappa shape index (κ1) is 21.3. The van der Waals surface area contributed by atoms with Gasteiger partial charge in [0, 0.05) is 31.5 Å². The minimum Gasteiger partial charge on any atom is -0.466 e. The lowest BCUT2D eigenvalue weighted by molar-refractivity contribution is -0.144. The minimum atomic E-state index is -0.389. The van der Waals surface area contributed by atoms with Crippen LogP contribution in [-0.2, 0) is 20.9 Å². The monoisotopic (exact) mass is 385 g/mol. The van der Waals surface area contributed by atoms with Gasteiger partial charge in [-0.05, 0) is 24.6 Å². The molecule has 0 saturated carbocycles. The average molecular weight is 385 g/mol. The van der Waals surface area contributed by atoms with Crippen molar-refractivity contribution in [1.82, 2.24) is 4.90 Å². The van der Waals surface area contributed by atoms with Crippen LogP contribution >= 0.6 is 0 Å². The number of esters is 1. The third kappa shape index (κ3) is 6.95. The van der Waals surface area contributed by atoms with Crippen LogP contribution in [0, 0.1) is 5.82 Å². The van der Waals surface area contributed by atoms with E-state index in [1.165, 1.54) is 17.0 Å². The second-order valence-corrected chi connectivity index (χ2v) is 6.29. The number of hydrogen-bond donors (Lipinski definition) is 0. The number of hydrogen-bond acceptors (Lipinski definition) is 4. The highest BCUT2D eigenvalue weighted by Crippen LogP contribution is 2.12. The first-order chi connectivity index (χ1) is 13.5. The number of amides is 1. The van der Waals surface area contributed by atoms with Gasteiger partial charge in [0.25, 0.3) is 0 Å². The number of benzene rings is 2. The fraction of sp³-hybridized carbons (Fsp3) is 0.318. The summed E-state index contributed by atoms with van der Waals surface area (Å²) in [5.74, 6) is -1.10. The van der Waals surface area contributed by atoms with E-state index < -0.39 is 0 Å². The smallest absolute Gasteiger partial charge is 0.307 e. The summed E-state index contributed by atoms with van der Waals surface area (Å²) in [6, 6.07) is 14.6. The zero-order valence-electron chi connectivity index (χ0n) is 15.9. The van der Waals surface area contributed by atoms with Crippen LogP contribution < -0.4 is 0 Å². The molecule has 28 heavy (non-hydrogen) atoms. The molecule has 0 atom stereocenters. The summed E-state index contributed by atoms with van der Waals surface area (Å²) in [6.45, 7) is 2.40. The van der Waals surface area contributed by atoms with E-state index in [0.717, 1.165) is 5.56 Å². The highest BCUT2D eigenvalue weighted by atomic mass is 19.1. The van der Waals surface area contributed by atoms with Crippen LogP contribution in [0.4, 0.5) is 4.39 Å². The van der Waals surface area contributed by atoms with Crippen molar-refractivity contribution in [1.29, 1.82) is 0 Å². The van der Waals surface area contributed by atoms with Crippen LogP contribution in [0.2, 0.25) is 0 Å². The van der Waals surface area contributed by atoms with E-state index in [1.807, 2.05) is 6.07 Å². The van der Waals surface area contributed by atoms with Crippen molar-refractivity contribution in [3.05, 3.63) is 71.5 Å². The van der Waals surface area contributed by atoms with E-state index in [9.17, 15) is 18.8 Å². The zero-order valence-corrected chi connectivity index (χ0v) is 15.9. The molecule has 6 heteroatoms. The third-order valence-corrected chi connectivity index (χ3v) is 4.19. The topological polar surface area (TPSA) is 63.7 Å². The maximum absolute atomic E-state index is 13.1. The second kappa shape index (κ2) is 11.0. The Morgan fingerprint density at radius 3 is 2.25 bits per heavy atom. The van der Waals surface area contributed by atoms with Crippen molar-refractivity contribution in [2.24, 2.45) is 0 Å². The molecule has 0 aliphatic rings. The van der Waals surface area contributed by atoms with Crippen LogP contribution in [0.15, 0.2) is 54.6 Å². The van der Waals surface area contributed by atoms with Crippen molar-refractivity contribution in [2.75, 3.05) is 13.2 Å². The van der Waals surface area contributed by atoms with Gasteiger partial charge >= 0.3 is 5.97 Å². The van der Waals surface area contributed by atoms with Gasteiger partial charge in [-0.3, -0.25) is 14.4 Å². The molecular weight excluding hydrogens is 361 g/mol. The highest BCUT2D eigenvalue weighted by Gasteiger charge is 2.18. The van der Waals surface area contributed by atoms with Crippen LogP contribution in [0.25, 0.3) is 0 Å². The van der Waals surface area contributed by atoms with Crippen molar-refractivity contribution < 1.29 is 23.5 Å². The van der Waals surface area contributed by atoms with Gasteiger partial charge in [0.1, 0.15) is 5.82 Å². The maximum atomic E-state index is 13.1. The molecule has 0 heterocycles. The molecule has 2 rings (SSSR count). The Hall–Kier alpha value is -3.02. The van der Waals surface area contributed by atoms with Gasteiger partial charge in [0.05, 0.1) is 13.0 Å². The van der Waals surface area contributed by atoms with Crippen LogP contribution in [0.3, 0.4) is 0 Å². The standard InChI is InChI=1S/C22H24FNO4/c1-2-28-22(27)14-15-24(16-17-8-10-19(23)11-9-17)21(26)13-12-20(25)18-6-4-3-5-7-18/h3-11H,2,12-16H2,1H3. The molecule has 0 aliphatic heterocycles. The summed E-state index contributed by atoms with van der Waals surface area (Å²) in [4.78, 5) is 38.1. The molecule has 0 N–H and O–H groups in total. The number of rotatable bonds is 10. The highest BCUT2D eigenvalue weighted by molar-refractivity contribution is 5.97. The number of carbonyl (C=O) groups is 3. The molecule has 0 bridgehead atoms. The number of Topliss-reactive ketones (excluding diaryl/α,β-unsaturated/α-hetero) is 1. The molecule has 0 aromatic heterocycles. The molecule has 148 valence electrons. The zero-order chi connectivity index (χ0) is 20.4. The largest absolute Gasteiger partial charge is 0.466 e. The molecule has 0 saturated heterocycles. The van der Waals surface area contributed by atoms with Gasteiger partial charge in [-0.25, -0.2) is 4.39 Å². The fourth-order valence-corrected chi connectivity index (χ4v) is 2.71. The number of ether oxygens (including phenoxy) is 1. The molecule has 0 radical (unpaired) electrons. The van der Waals surface area contributed by atoms with Gasteiger partial charge in [0.2, 0.25) is 5.91 Å². The summed E-state index contributed by atoms with van der Waals surface area (Å²) in [5, 5.41) is 0. The van der Waals surface area contributed by atoms with E-state index in [4.69, 9.17) is 4.74 Å². The predicted molar refractivity (Wildman–Crippen MR) is 103 cm³/mol. The lowest BCUT2D eigenvalue weighted by Crippen LogP contribution is -2.33. The van der Waals surface area contributed by atoms with Gasteiger partial charge in [0.15, 0.2) is 5.78 Å². The molecule has 5 nitrogen and oxygen atoms in total. The normalized spacial score (nSPS) is 10.4. The quantitative estimate of drug-likeness (QED) is 0.461. The SMILES string of the molecule is CCOC(=O)CCN(Cc1ccc(F)cc1)C(=O)CCC(=O)c1ccccc1. The Morgan fingerprint density at radius 1 is 0.929 bits per heavy atom. The van der Waals surface area contributed by atoms with Gasteiger partial charge in [-0.15, -0.1) is 0 Å². The predicted octanol–water partition coefficient (Wildman–Crippen LogP) is 3.77. The average Bonchev–Trinajstić information content (AvgIpc) is 2.71. The molecule has 0 aliphatic carbocycles. The molecule has 0 spiro atoms. The van der Waals surface area contributed by atoms with E-state index in [2.05, 4.69) is 0 Å². The van der Waals surface area contributed by atoms with E-state index in [0.29, 0.717) is 5.56 Å². The van der Waals surface area contributed by atoms with Crippen molar-refractivity contribution in [3.8, 4) is 0 Å². The Kier molecular flexibility index (Phi) is 8.34. The second-order valence-electron chi connectivity index (χ2n) is 6.29. The molecular formula is C22H24FNO4. The van der Waals surface area contributed by atoms with E-state index >= 15 is 0 Å². The van der Waals surface area contributed by atoms with Crippen LogP contribution in [-0.4, -0.2) is 35.7 Å². The number of halogens is 1. The Bertz CT molecular complexity index is 790. The molecule has 0 unspecified atom stereocenters. The Balaban J connectivity index is 1.99. The molecule has 2 aromatic carbocycles. The first-order valence-electron chi connectivity index (χ1n) is 9.25. The minimum absolute atomic E-state index is 0.0394. The van der Waals surface area contributed by atoms with E-state index in [1.54, 1.807) is 43.3 Å². The summed E-state index contributed by atoms with van der Waals surface area (Å²) in [5.41, 5.74) is 1.31. The van der Waals surface area contributed by atoms with Gasteiger partial charge in [-0.2, -0.15) is 0 Å². The summed E-state index contributed by atoms with van der Waals surface area (Å²) in [6.07, 6.45) is 0.188. The summed E-state index contributed by atoms with van der Waals surface area (Å²) >= 11 is 0. The maximum Gasteiger partial charge on any atom is 0.307 e.